The number of aromatic nitrogens is 1. The molecule has 1 aliphatic carbocycles. The van der Waals surface area contributed by atoms with Crippen LogP contribution in [-0.4, -0.2) is 12.1 Å². The highest BCUT2D eigenvalue weighted by Crippen LogP contribution is 2.38. The summed E-state index contributed by atoms with van der Waals surface area (Å²) in [6.45, 7) is 0. The first-order chi connectivity index (χ1) is 9.79. The van der Waals surface area contributed by atoms with E-state index in [4.69, 9.17) is 10.5 Å². The lowest BCUT2D eigenvalue weighted by Crippen LogP contribution is -2.24. The molecule has 0 amide bonds. The number of nitrogens with two attached hydrogens (primary N) is 1. The third-order valence-electron chi connectivity index (χ3n) is 4.15. The maximum absolute atomic E-state index is 6.51. The zero-order chi connectivity index (χ0) is 13.9. The van der Waals surface area contributed by atoms with Crippen LogP contribution in [0.3, 0.4) is 0 Å². The lowest BCUT2D eigenvalue weighted by atomic mass is 9.80. The van der Waals surface area contributed by atoms with Crippen LogP contribution in [0.1, 0.15) is 41.6 Å². The van der Waals surface area contributed by atoms with Gasteiger partial charge in [-0.05, 0) is 48.6 Å². The third kappa shape index (κ3) is 2.41. The largest absolute Gasteiger partial charge is 0.497 e. The Hall–Kier alpha value is -1.87. The van der Waals surface area contributed by atoms with Crippen LogP contribution in [0.2, 0.25) is 0 Å². The average molecular weight is 268 g/mol. The van der Waals surface area contributed by atoms with E-state index in [9.17, 15) is 0 Å². The molecule has 2 unspecified atom stereocenters. The van der Waals surface area contributed by atoms with Gasteiger partial charge in [-0.15, -0.1) is 0 Å². The number of nitrogens with zero attached hydrogens (tertiary/aromatic N) is 1. The molecule has 3 heteroatoms. The molecule has 0 fully saturated rings. The van der Waals surface area contributed by atoms with Crippen LogP contribution in [0.5, 0.6) is 5.75 Å². The molecule has 0 saturated heterocycles. The fourth-order valence-corrected chi connectivity index (χ4v) is 3.08. The minimum atomic E-state index is -0.0287. The quantitative estimate of drug-likeness (QED) is 0.930. The Bertz CT molecular complexity index is 597. The van der Waals surface area contributed by atoms with Gasteiger partial charge in [0.05, 0.1) is 7.11 Å². The zero-order valence-corrected chi connectivity index (χ0v) is 11.8. The zero-order valence-electron chi connectivity index (χ0n) is 11.8. The van der Waals surface area contributed by atoms with Gasteiger partial charge in [-0.25, -0.2) is 0 Å². The Morgan fingerprint density at radius 2 is 2.20 bits per heavy atom. The molecule has 1 heterocycles. The highest BCUT2D eigenvalue weighted by molar-refractivity contribution is 5.35. The van der Waals surface area contributed by atoms with Crippen LogP contribution in [-0.2, 0) is 6.42 Å². The summed E-state index contributed by atoms with van der Waals surface area (Å²) in [4.78, 5) is 4.58. The summed E-state index contributed by atoms with van der Waals surface area (Å²) in [7, 11) is 1.68. The summed E-state index contributed by atoms with van der Waals surface area (Å²) in [6, 6.07) is 12.2. The van der Waals surface area contributed by atoms with E-state index in [0.29, 0.717) is 5.92 Å². The molecule has 3 rings (SSSR count). The molecule has 2 atom stereocenters. The smallest absolute Gasteiger partial charge is 0.119 e. The second-order valence-electron chi connectivity index (χ2n) is 5.35. The van der Waals surface area contributed by atoms with E-state index in [2.05, 4.69) is 17.1 Å². The standard InChI is InChI=1S/C17H20N2O/c1-20-14-8-2-6-13(11-14)16(18)15-9-3-5-12-7-4-10-19-17(12)15/h2,4,6-8,10-11,15-16H,3,5,9,18H2,1H3. The van der Waals surface area contributed by atoms with E-state index < -0.39 is 0 Å². The van der Waals surface area contributed by atoms with Crippen molar-refractivity contribution in [2.24, 2.45) is 5.73 Å². The summed E-state index contributed by atoms with van der Waals surface area (Å²) in [5, 5.41) is 0. The molecule has 3 nitrogen and oxygen atoms in total. The third-order valence-corrected chi connectivity index (χ3v) is 4.15. The van der Waals surface area contributed by atoms with Gasteiger partial charge in [0.1, 0.15) is 5.75 Å². The predicted octanol–water partition coefficient (Wildman–Crippen LogP) is 3.21. The van der Waals surface area contributed by atoms with Crippen LogP contribution in [0, 0.1) is 0 Å². The Morgan fingerprint density at radius 1 is 1.30 bits per heavy atom. The fourth-order valence-electron chi connectivity index (χ4n) is 3.08. The SMILES string of the molecule is COc1cccc(C(N)C2CCCc3cccnc32)c1. The second-order valence-corrected chi connectivity index (χ2v) is 5.35. The van der Waals surface area contributed by atoms with Crippen molar-refractivity contribution in [3.63, 3.8) is 0 Å². The molecule has 2 N–H and O–H groups in total. The summed E-state index contributed by atoms with van der Waals surface area (Å²) in [5.74, 6) is 1.15. The predicted molar refractivity (Wildman–Crippen MR) is 79.8 cm³/mol. The van der Waals surface area contributed by atoms with Crippen LogP contribution >= 0.6 is 0 Å². The number of methoxy groups -OCH3 is 1. The molecule has 0 spiro atoms. The van der Waals surface area contributed by atoms with Crippen molar-refractivity contribution in [2.45, 2.75) is 31.2 Å². The van der Waals surface area contributed by atoms with Crippen molar-refractivity contribution in [3.05, 3.63) is 59.4 Å². The molecule has 1 aromatic heterocycles. The molecule has 0 aliphatic heterocycles. The van der Waals surface area contributed by atoms with Crippen molar-refractivity contribution in [2.75, 3.05) is 7.11 Å². The molecule has 0 saturated carbocycles. The minimum absolute atomic E-state index is 0.0287. The lowest BCUT2D eigenvalue weighted by Gasteiger charge is -2.29. The van der Waals surface area contributed by atoms with Crippen molar-refractivity contribution >= 4 is 0 Å². The van der Waals surface area contributed by atoms with Crippen LogP contribution in [0.4, 0.5) is 0 Å². The molecular formula is C17H20N2O. The molecule has 20 heavy (non-hydrogen) atoms. The summed E-state index contributed by atoms with van der Waals surface area (Å²) >= 11 is 0. The first kappa shape index (κ1) is 13.1. The summed E-state index contributed by atoms with van der Waals surface area (Å²) in [6.07, 6.45) is 5.27. The Balaban J connectivity index is 1.93. The Morgan fingerprint density at radius 3 is 3.05 bits per heavy atom. The van der Waals surface area contributed by atoms with Crippen LogP contribution < -0.4 is 10.5 Å². The van der Waals surface area contributed by atoms with Gasteiger partial charge in [-0.3, -0.25) is 4.98 Å². The van der Waals surface area contributed by atoms with Gasteiger partial charge in [0.15, 0.2) is 0 Å². The van der Waals surface area contributed by atoms with Crippen molar-refractivity contribution in [3.8, 4) is 5.75 Å². The normalized spacial score (nSPS) is 19.2. The number of fused-ring (bicyclic) bond motifs is 1. The number of aryl methyl sites for hydroxylation is 1. The van der Waals surface area contributed by atoms with Crippen molar-refractivity contribution in [1.82, 2.24) is 4.98 Å². The number of rotatable bonds is 3. The number of hydrogen-bond acceptors (Lipinski definition) is 3. The Labute approximate surface area is 119 Å². The van der Waals surface area contributed by atoms with Crippen LogP contribution in [0.15, 0.2) is 42.6 Å². The first-order valence-electron chi connectivity index (χ1n) is 7.13. The molecule has 104 valence electrons. The molecule has 0 radical (unpaired) electrons. The minimum Gasteiger partial charge on any atom is -0.497 e. The second kappa shape index (κ2) is 5.63. The van der Waals surface area contributed by atoms with Crippen LogP contribution in [0.25, 0.3) is 0 Å². The van der Waals surface area contributed by atoms with E-state index in [1.54, 1.807) is 7.11 Å². The average Bonchev–Trinajstić information content (AvgIpc) is 2.53. The van der Waals surface area contributed by atoms with E-state index in [1.807, 2.05) is 30.5 Å². The number of hydrogen-bond donors (Lipinski definition) is 1. The van der Waals surface area contributed by atoms with E-state index in [1.165, 1.54) is 17.7 Å². The monoisotopic (exact) mass is 268 g/mol. The van der Waals surface area contributed by atoms with Gasteiger partial charge in [-0.2, -0.15) is 0 Å². The molecule has 1 aliphatic rings. The molecule has 0 bridgehead atoms. The fraction of sp³-hybridized carbons (Fsp3) is 0.353. The highest BCUT2D eigenvalue weighted by atomic mass is 16.5. The topological polar surface area (TPSA) is 48.1 Å². The maximum Gasteiger partial charge on any atom is 0.119 e. The summed E-state index contributed by atoms with van der Waals surface area (Å²) < 4.78 is 5.29. The lowest BCUT2D eigenvalue weighted by molar-refractivity contribution is 0.411. The number of pyridine rings is 1. The van der Waals surface area contributed by atoms with E-state index in [-0.39, 0.29) is 6.04 Å². The van der Waals surface area contributed by atoms with Gasteiger partial charge < -0.3 is 10.5 Å². The number of benzene rings is 1. The van der Waals surface area contributed by atoms with E-state index >= 15 is 0 Å². The summed E-state index contributed by atoms with van der Waals surface area (Å²) in [5.41, 5.74) is 10.2. The van der Waals surface area contributed by atoms with Crippen molar-refractivity contribution in [1.29, 1.82) is 0 Å². The van der Waals surface area contributed by atoms with Gasteiger partial charge in [0.2, 0.25) is 0 Å². The van der Waals surface area contributed by atoms with Gasteiger partial charge >= 0.3 is 0 Å². The molecule has 1 aromatic carbocycles. The van der Waals surface area contributed by atoms with Gasteiger partial charge in [0.25, 0.3) is 0 Å². The highest BCUT2D eigenvalue weighted by Gasteiger charge is 2.27. The Kier molecular flexibility index (Phi) is 3.70. The molecular weight excluding hydrogens is 248 g/mol. The number of ether oxygens (including phenoxy) is 1. The van der Waals surface area contributed by atoms with Crippen molar-refractivity contribution < 1.29 is 4.74 Å². The van der Waals surface area contributed by atoms with E-state index in [0.717, 1.165) is 24.2 Å². The van der Waals surface area contributed by atoms with Gasteiger partial charge in [-0.1, -0.05) is 18.2 Å². The maximum atomic E-state index is 6.51. The van der Waals surface area contributed by atoms with Gasteiger partial charge in [0, 0.05) is 23.9 Å². The molecule has 2 aromatic rings. The first-order valence-corrected chi connectivity index (χ1v) is 7.13.